The van der Waals surface area contributed by atoms with Gasteiger partial charge in [-0.05, 0) is 71.1 Å². The van der Waals surface area contributed by atoms with Gasteiger partial charge in [0, 0.05) is 12.1 Å². The van der Waals surface area contributed by atoms with Gasteiger partial charge in [-0.2, -0.15) is 0 Å². The minimum absolute atomic E-state index is 0.193. The molecule has 1 fully saturated rings. The summed E-state index contributed by atoms with van der Waals surface area (Å²) in [5.41, 5.74) is 8.56. The number of aryl methyl sites for hydroxylation is 1. The van der Waals surface area contributed by atoms with Crippen LogP contribution in [0, 0.1) is 6.92 Å². The van der Waals surface area contributed by atoms with Crippen LogP contribution in [0.5, 0.6) is 0 Å². The number of nitrogen functional groups attached to an aromatic ring is 1. The molecular weight excluding hydrogens is 290 g/mol. The van der Waals surface area contributed by atoms with Gasteiger partial charge < -0.3 is 21.1 Å². The van der Waals surface area contributed by atoms with E-state index in [0.717, 1.165) is 37.1 Å². The number of amides is 1. The molecule has 0 heterocycles. The number of carbonyl (C=O) groups excluding carboxylic acids is 1. The Balaban J connectivity index is 1.79. The van der Waals surface area contributed by atoms with E-state index >= 15 is 0 Å². The number of hydrogen-bond donors (Lipinski definition) is 3. The number of nitrogens with one attached hydrogen (secondary N) is 2. The molecule has 1 amide bonds. The average molecular weight is 319 g/mol. The van der Waals surface area contributed by atoms with E-state index in [-0.39, 0.29) is 12.1 Å². The van der Waals surface area contributed by atoms with Crippen LogP contribution in [0.3, 0.4) is 0 Å². The van der Waals surface area contributed by atoms with Crippen molar-refractivity contribution in [1.29, 1.82) is 0 Å². The highest BCUT2D eigenvalue weighted by Gasteiger charge is 2.24. The Labute approximate surface area is 139 Å². The van der Waals surface area contributed by atoms with Crippen molar-refractivity contribution in [2.45, 2.75) is 71.1 Å². The van der Waals surface area contributed by atoms with Gasteiger partial charge in [0.25, 0.3) is 0 Å². The molecule has 4 N–H and O–H groups in total. The van der Waals surface area contributed by atoms with Crippen molar-refractivity contribution in [2.24, 2.45) is 0 Å². The van der Waals surface area contributed by atoms with Gasteiger partial charge in [-0.3, -0.25) is 0 Å². The highest BCUT2D eigenvalue weighted by Crippen LogP contribution is 2.26. The molecule has 0 aromatic heterocycles. The van der Waals surface area contributed by atoms with Crippen LogP contribution in [0.15, 0.2) is 18.2 Å². The van der Waals surface area contributed by atoms with Gasteiger partial charge in [0.15, 0.2) is 0 Å². The Morgan fingerprint density at radius 1 is 1.17 bits per heavy atom. The summed E-state index contributed by atoms with van der Waals surface area (Å²) < 4.78 is 5.31. The fraction of sp³-hybridized carbons (Fsp3) is 0.611. The maximum Gasteiger partial charge on any atom is 0.407 e. The highest BCUT2D eigenvalue weighted by atomic mass is 16.6. The number of anilines is 2. The summed E-state index contributed by atoms with van der Waals surface area (Å²) in [6.07, 6.45) is 3.59. The fourth-order valence-corrected chi connectivity index (χ4v) is 2.89. The molecule has 5 nitrogen and oxygen atoms in total. The van der Waals surface area contributed by atoms with Gasteiger partial charge in [-0.15, -0.1) is 0 Å². The topological polar surface area (TPSA) is 76.4 Å². The first-order valence-electron chi connectivity index (χ1n) is 8.35. The predicted octanol–water partition coefficient (Wildman–Crippen LogP) is 3.83. The van der Waals surface area contributed by atoms with Crippen molar-refractivity contribution in [1.82, 2.24) is 5.32 Å². The maximum atomic E-state index is 11.8. The minimum Gasteiger partial charge on any atom is -0.444 e. The molecular formula is C18H29N3O2. The number of benzene rings is 1. The van der Waals surface area contributed by atoms with E-state index < -0.39 is 5.60 Å². The van der Waals surface area contributed by atoms with E-state index in [1.54, 1.807) is 0 Å². The zero-order valence-corrected chi connectivity index (χ0v) is 14.6. The van der Waals surface area contributed by atoms with E-state index in [4.69, 9.17) is 10.5 Å². The quantitative estimate of drug-likeness (QED) is 0.740. The second-order valence-corrected chi connectivity index (χ2v) is 7.43. The van der Waals surface area contributed by atoms with Crippen LogP contribution in [-0.2, 0) is 4.74 Å². The number of ether oxygens (including phenoxy) is 1. The Kier molecular flexibility index (Phi) is 5.39. The molecule has 2 rings (SSSR count). The molecule has 23 heavy (non-hydrogen) atoms. The van der Waals surface area contributed by atoms with Crippen LogP contribution >= 0.6 is 0 Å². The second kappa shape index (κ2) is 7.11. The lowest BCUT2D eigenvalue weighted by Gasteiger charge is -2.31. The Hall–Kier alpha value is -1.91. The molecule has 1 aliphatic rings. The first kappa shape index (κ1) is 17.4. The average Bonchev–Trinajstić information content (AvgIpc) is 2.42. The van der Waals surface area contributed by atoms with E-state index in [2.05, 4.69) is 16.7 Å². The number of carbonyl (C=O) groups is 1. The summed E-state index contributed by atoms with van der Waals surface area (Å²) in [6.45, 7) is 7.66. The Bertz CT molecular complexity index is 544. The molecule has 0 bridgehead atoms. The predicted molar refractivity (Wildman–Crippen MR) is 94.6 cm³/mol. The molecule has 1 aromatic carbocycles. The monoisotopic (exact) mass is 319 g/mol. The van der Waals surface area contributed by atoms with Crippen molar-refractivity contribution in [2.75, 3.05) is 11.1 Å². The van der Waals surface area contributed by atoms with Crippen molar-refractivity contribution in [3.05, 3.63) is 23.8 Å². The zero-order valence-electron chi connectivity index (χ0n) is 14.6. The van der Waals surface area contributed by atoms with Crippen molar-refractivity contribution >= 4 is 17.5 Å². The number of hydrogen-bond acceptors (Lipinski definition) is 4. The molecule has 0 spiro atoms. The van der Waals surface area contributed by atoms with Crippen LogP contribution in [0.1, 0.15) is 52.0 Å². The number of rotatable bonds is 3. The Morgan fingerprint density at radius 3 is 2.35 bits per heavy atom. The van der Waals surface area contributed by atoms with Gasteiger partial charge in [0.1, 0.15) is 5.60 Å². The molecule has 0 atom stereocenters. The molecule has 1 aliphatic carbocycles. The molecule has 1 saturated carbocycles. The summed E-state index contributed by atoms with van der Waals surface area (Å²) in [5, 5.41) is 6.48. The molecule has 0 radical (unpaired) electrons. The summed E-state index contributed by atoms with van der Waals surface area (Å²) in [4.78, 5) is 11.8. The lowest BCUT2D eigenvalue weighted by Crippen LogP contribution is -2.42. The third-order valence-corrected chi connectivity index (χ3v) is 4.01. The van der Waals surface area contributed by atoms with Crippen LogP contribution in [-0.4, -0.2) is 23.8 Å². The van der Waals surface area contributed by atoms with Crippen LogP contribution in [0.25, 0.3) is 0 Å². The SMILES string of the molecule is Cc1ccc(N[C@H]2CC[C@@H](NC(=O)OC(C)(C)C)CC2)c(N)c1. The summed E-state index contributed by atoms with van der Waals surface area (Å²) in [5.74, 6) is 0. The summed E-state index contributed by atoms with van der Waals surface area (Å²) >= 11 is 0. The zero-order chi connectivity index (χ0) is 17.0. The fourth-order valence-electron chi connectivity index (χ4n) is 2.89. The third kappa shape index (κ3) is 5.66. The first-order chi connectivity index (χ1) is 10.7. The van der Waals surface area contributed by atoms with E-state index in [0.29, 0.717) is 6.04 Å². The van der Waals surface area contributed by atoms with Gasteiger partial charge in [-0.1, -0.05) is 6.07 Å². The van der Waals surface area contributed by atoms with Crippen LogP contribution < -0.4 is 16.4 Å². The Morgan fingerprint density at radius 2 is 1.78 bits per heavy atom. The van der Waals surface area contributed by atoms with Gasteiger partial charge >= 0.3 is 6.09 Å². The smallest absolute Gasteiger partial charge is 0.407 e. The summed E-state index contributed by atoms with van der Waals surface area (Å²) in [6, 6.07) is 6.68. The van der Waals surface area contributed by atoms with E-state index in [9.17, 15) is 4.79 Å². The van der Waals surface area contributed by atoms with E-state index in [1.165, 1.54) is 5.56 Å². The molecule has 0 unspecified atom stereocenters. The number of nitrogens with two attached hydrogens (primary N) is 1. The van der Waals surface area contributed by atoms with Gasteiger partial charge in [0.2, 0.25) is 0 Å². The second-order valence-electron chi connectivity index (χ2n) is 7.43. The van der Waals surface area contributed by atoms with Crippen LogP contribution in [0.2, 0.25) is 0 Å². The third-order valence-electron chi connectivity index (χ3n) is 4.01. The molecule has 5 heteroatoms. The maximum absolute atomic E-state index is 11.8. The van der Waals surface area contributed by atoms with Crippen molar-refractivity contribution in [3.8, 4) is 0 Å². The molecule has 1 aromatic rings. The standard InChI is InChI=1S/C18H29N3O2/c1-12-5-10-16(15(19)11-12)20-13-6-8-14(9-7-13)21-17(22)23-18(2,3)4/h5,10-11,13-14,20H,6-9,19H2,1-4H3,(H,21,22)/t13-,14+. The normalized spacial score (nSPS) is 21.6. The first-order valence-corrected chi connectivity index (χ1v) is 8.35. The lowest BCUT2D eigenvalue weighted by molar-refractivity contribution is 0.0492. The summed E-state index contributed by atoms with van der Waals surface area (Å²) in [7, 11) is 0. The van der Waals surface area contributed by atoms with Crippen LogP contribution in [0.4, 0.5) is 16.2 Å². The van der Waals surface area contributed by atoms with Gasteiger partial charge in [0.05, 0.1) is 11.4 Å². The van der Waals surface area contributed by atoms with Gasteiger partial charge in [-0.25, -0.2) is 4.79 Å². The minimum atomic E-state index is -0.453. The highest BCUT2D eigenvalue weighted by molar-refractivity contribution is 5.68. The number of alkyl carbamates (subject to hydrolysis) is 1. The van der Waals surface area contributed by atoms with Crippen molar-refractivity contribution in [3.63, 3.8) is 0 Å². The molecule has 128 valence electrons. The van der Waals surface area contributed by atoms with E-state index in [1.807, 2.05) is 39.8 Å². The largest absolute Gasteiger partial charge is 0.444 e. The molecule has 0 aliphatic heterocycles. The van der Waals surface area contributed by atoms with Crippen molar-refractivity contribution < 1.29 is 9.53 Å². The lowest BCUT2D eigenvalue weighted by atomic mass is 9.91. The molecule has 0 saturated heterocycles.